The minimum absolute atomic E-state index is 0.222. The summed E-state index contributed by atoms with van der Waals surface area (Å²) in [6, 6.07) is 20.2. The summed E-state index contributed by atoms with van der Waals surface area (Å²) in [6.45, 7) is 8.39. The summed E-state index contributed by atoms with van der Waals surface area (Å²) in [5.74, 6) is 0.176. The van der Waals surface area contributed by atoms with Gasteiger partial charge in [0, 0.05) is 11.8 Å². The van der Waals surface area contributed by atoms with E-state index >= 15 is 0 Å². The highest BCUT2D eigenvalue weighted by Gasteiger charge is 2.10. The van der Waals surface area contributed by atoms with E-state index in [9.17, 15) is 4.79 Å². The van der Waals surface area contributed by atoms with Crippen LogP contribution in [0.3, 0.4) is 0 Å². The molecule has 0 bridgehead atoms. The van der Waals surface area contributed by atoms with E-state index in [-0.39, 0.29) is 11.0 Å². The lowest BCUT2D eigenvalue weighted by molar-refractivity contribution is -0.115. The lowest BCUT2D eigenvalue weighted by Gasteiger charge is -2.10. The maximum atomic E-state index is 12.3. The standard InChI is InChI=1S/C28H29N5OS/c1-5-20-8-13-23(14-9-20)33-31-25-16-19(4)24(17-26(25)32-33)29-28(35)30-27(34)15-10-21-6-11-22(12-7-21)18(2)3/h6-18H,5H2,1-4H3,(H2,29,30,34,35)/b15-10+. The summed E-state index contributed by atoms with van der Waals surface area (Å²) >= 11 is 5.36. The number of hydrogen-bond donors (Lipinski definition) is 2. The fourth-order valence-corrected chi connectivity index (χ4v) is 3.86. The Balaban J connectivity index is 1.42. The maximum absolute atomic E-state index is 12.3. The van der Waals surface area contributed by atoms with Gasteiger partial charge in [0.2, 0.25) is 5.91 Å². The molecule has 1 aromatic heterocycles. The number of aromatic nitrogens is 3. The van der Waals surface area contributed by atoms with Gasteiger partial charge in [0.1, 0.15) is 11.0 Å². The van der Waals surface area contributed by atoms with Gasteiger partial charge in [0.25, 0.3) is 0 Å². The van der Waals surface area contributed by atoms with Crippen molar-refractivity contribution < 1.29 is 4.79 Å². The number of aryl methyl sites for hydroxylation is 2. The van der Waals surface area contributed by atoms with Gasteiger partial charge in [-0.3, -0.25) is 10.1 Å². The molecular formula is C28H29N5OS. The van der Waals surface area contributed by atoms with Crippen LogP contribution >= 0.6 is 12.2 Å². The molecule has 0 fully saturated rings. The first-order valence-electron chi connectivity index (χ1n) is 11.7. The molecule has 4 aromatic rings. The van der Waals surface area contributed by atoms with Crippen molar-refractivity contribution in [2.75, 3.05) is 5.32 Å². The van der Waals surface area contributed by atoms with Crippen molar-refractivity contribution in [3.63, 3.8) is 0 Å². The van der Waals surface area contributed by atoms with Crippen LogP contribution in [-0.4, -0.2) is 26.0 Å². The molecule has 6 nitrogen and oxygen atoms in total. The van der Waals surface area contributed by atoms with Crippen LogP contribution in [0.4, 0.5) is 5.69 Å². The summed E-state index contributed by atoms with van der Waals surface area (Å²) in [7, 11) is 0. The van der Waals surface area contributed by atoms with E-state index in [1.807, 2.05) is 43.3 Å². The molecule has 178 valence electrons. The van der Waals surface area contributed by atoms with Crippen molar-refractivity contribution in [2.24, 2.45) is 0 Å². The summed E-state index contributed by atoms with van der Waals surface area (Å²) in [4.78, 5) is 14.0. The third kappa shape index (κ3) is 6.00. The number of nitrogens with one attached hydrogen (secondary N) is 2. The van der Waals surface area contributed by atoms with E-state index in [0.29, 0.717) is 5.92 Å². The Labute approximate surface area is 211 Å². The number of carbonyl (C=O) groups is 1. The Morgan fingerprint density at radius 2 is 1.69 bits per heavy atom. The molecule has 3 aromatic carbocycles. The third-order valence-corrected chi connectivity index (χ3v) is 6.02. The lowest BCUT2D eigenvalue weighted by Crippen LogP contribution is -2.33. The van der Waals surface area contributed by atoms with Gasteiger partial charge in [-0.2, -0.15) is 4.80 Å². The third-order valence-electron chi connectivity index (χ3n) is 5.82. The van der Waals surface area contributed by atoms with Crippen LogP contribution in [0.25, 0.3) is 22.8 Å². The normalized spacial score (nSPS) is 11.3. The van der Waals surface area contributed by atoms with E-state index in [0.717, 1.165) is 40.0 Å². The van der Waals surface area contributed by atoms with E-state index in [4.69, 9.17) is 12.2 Å². The highest BCUT2D eigenvalue weighted by Crippen LogP contribution is 2.22. The van der Waals surface area contributed by atoms with Crippen molar-refractivity contribution in [2.45, 2.75) is 40.0 Å². The molecule has 35 heavy (non-hydrogen) atoms. The van der Waals surface area contributed by atoms with E-state index < -0.39 is 0 Å². The number of carbonyl (C=O) groups excluding carboxylic acids is 1. The second-order valence-corrected chi connectivity index (χ2v) is 9.17. The fourth-order valence-electron chi connectivity index (χ4n) is 3.65. The number of anilines is 1. The predicted molar refractivity (Wildman–Crippen MR) is 147 cm³/mol. The number of hydrogen-bond acceptors (Lipinski definition) is 4. The molecule has 0 radical (unpaired) electrons. The minimum atomic E-state index is -0.296. The summed E-state index contributed by atoms with van der Waals surface area (Å²) in [6.07, 6.45) is 4.23. The van der Waals surface area contributed by atoms with E-state index in [1.54, 1.807) is 10.9 Å². The number of benzene rings is 3. The Hall–Kier alpha value is -3.84. The monoisotopic (exact) mass is 483 g/mol. The average Bonchev–Trinajstić information content (AvgIpc) is 3.25. The quantitative estimate of drug-likeness (QED) is 0.262. The van der Waals surface area contributed by atoms with Gasteiger partial charge in [0.15, 0.2) is 5.11 Å². The molecule has 2 N–H and O–H groups in total. The molecule has 0 spiro atoms. The first-order chi connectivity index (χ1) is 16.8. The van der Waals surface area contributed by atoms with Gasteiger partial charge in [-0.15, -0.1) is 10.2 Å². The summed E-state index contributed by atoms with van der Waals surface area (Å²) in [5, 5.41) is 15.2. The number of rotatable bonds is 6. The topological polar surface area (TPSA) is 71.8 Å². The van der Waals surface area contributed by atoms with Gasteiger partial charge < -0.3 is 5.32 Å². The zero-order chi connectivity index (χ0) is 24.9. The molecule has 0 saturated heterocycles. The zero-order valence-corrected chi connectivity index (χ0v) is 21.2. The number of fused-ring (bicyclic) bond motifs is 1. The molecule has 0 atom stereocenters. The zero-order valence-electron chi connectivity index (χ0n) is 20.4. The molecule has 1 amide bonds. The summed E-state index contributed by atoms with van der Waals surface area (Å²) in [5.41, 5.74) is 7.62. The van der Waals surface area contributed by atoms with Crippen molar-refractivity contribution in [1.29, 1.82) is 0 Å². The van der Waals surface area contributed by atoms with Crippen molar-refractivity contribution in [3.8, 4) is 5.69 Å². The molecule has 7 heteroatoms. The molecule has 0 unspecified atom stereocenters. The van der Waals surface area contributed by atoms with Gasteiger partial charge >= 0.3 is 0 Å². The van der Waals surface area contributed by atoms with Gasteiger partial charge in [-0.05, 0) is 84.1 Å². The SMILES string of the molecule is CCc1ccc(-n2nc3cc(C)c(NC(=S)NC(=O)/C=C/c4ccc(C(C)C)cc4)cc3n2)cc1. The number of nitrogens with zero attached hydrogens (tertiary/aromatic N) is 3. The average molecular weight is 484 g/mol. The Morgan fingerprint density at radius 1 is 1.03 bits per heavy atom. The smallest absolute Gasteiger partial charge is 0.250 e. The van der Waals surface area contributed by atoms with Gasteiger partial charge in [-0.1, -0.05) is 57.2 Å². The lowest BCUT2D eigenvalue weighted by atomic mass is 10.0. The minimum Gasteiger partial charge on any atom is -0.332 e. The highest BCUT2D eigenvalue weighted by atomic mass is 32.1. The molecule has 4 rings (SSSR count). The predicted octanol–water partition coefficient (Wildman–Crippen LogP) is 5.94. The molecule has 0 aliphatic rings. The second-order valence-electron chi connectivity index (χ2n) is 8.76. The first kappa shape index (κ1) is 24.3. The highest BCUT2D eigenvalue weighted by molar-refractivity contribution is 7.80. The molecule has 1 heterocycles. The maximum Gasteiger partial charge on any atom is 0.250 e. The van der Waals surface area contributed by atoms with Crippen LogP contribution in [0.2, 0.25) is 0 Å². The number of thiocarbonyl (C=S) groups is 1. The van der Waals surface area contributed by atoms with Crippen LogP contribution in [0.1, 0.15) is 48.9 Å². The largest absolute Gasteiger partial charge is 0.332 e. The van der Waals surface area contributed by atoms with Crippen LogP contribution in [0.15, 0.2) is 66.7 Å². The molecule has 0 saturated carbocycles. The van der Waals surface area contributed by atoms with Gasteiger partial charge in [0.05, 0.1) is 5.69 Å². The van der Waals surface area contributed by atoms with Gasteiger partial charge in [-0.25, -0.2) is 0 Å². The Kier molecular flexibility index (Phi) is 7.36. The van der Waals surface area contributed by atoms with Crippen LogP contribution in [0, 0.1) is 6.92 Å². The van der Waals surface area contributed by atoms with Crippen molar-refractivity contribution in [3.05, 3.63) is 89.0 Å². The van der Waals surface area contributed by atoms with E-state index in [1.165, 1.54) is 17.2 Å². The van der Waals surface area contributed by atoms with Crippen molar-refractivity contribution >= 4 is 46.0 Å². The van der Waals surface area contributed by atoms with Crippen LogP contribution < -0.4 is 10.6 Å². The van der Waals surface area contributed by atoms with E-state index in [2.05, 4.69) is 65.9 Å². The Bertz CT molecular complexity index is 1390. The number of amides is 1. The molecule has 0 aliphatic carbocycles. The summed E-state index contributed by atoms with van der Waals surface area (Å²) < 4.78 is 0. The fraction of sp³-hybridized carbons (Fsp3) is 0.214. The van der Waals surface area contributed by atoms with Crippen molar-refractivity contribution in [1.82, 2.24) is 20.3 Å². The molecule has 0 aliphatic heterocycles. The van der Waals surface area contributed by atoms with Crippen LogP contribution in [-0.2, 0) is 11.2 Å². The molecular weight excluding hydrogens is 454 g/mol. The second kappa shape index (κ2) is 10.6. The van der Waals surface area contributed by atoms with Crippen LogP contribution in [0.5, 0.6) is 0 Å². The first-order valence-corrected chi connectivity index (χ1v) is 12.1. The Morgan fingerprint density at radius 3 is 2.31 bits per heavy atom.